The van der Waals surface area contributed by atoms with Crippen molar-refractivity contribution in [1.82, 2.24) is 15.3 Å². The number of aromatic carboxylic acids is 1. The van der Waals surface area contributed by atoms with Crippen molar-refractivity contribution in [2.45, 2.75) is 6.54 Å². The molecule has 2 N–H and O–H groups in total. The lowest BCUT2D eigenvalue weighted by Crippen LogP contribution is -2.26. The Hall–Kier alpha value is -2.83. The van der Waals surface area contributed by atoms with Crippen LogP contribution in [-0.4, -0.2) is 27.0 Å². The predicted octanol–water partition coefficient (Wildman–Crippen LogP) is 1.24. The second-order valence-corrected chi connectivity index (χ2v) is 3.87. The molecule has 0 saturated carbocycles. The van der Waals surface area contributed by atoms with Gasteiger partial charge in [0.25, 0.3) is 5.91 Å². The zero-order valence-corrected chi connectivity index (χ0v) is 10.2. The SMILES string of the molecule is O=C(O)c1nccnc1C(=O)NCc1ccc(F)cc1. The first-order valence-electron chi connectivity index (χ1n) is 5.65. The van der Waals surface area contributed by atoms with Crippen molar-refractivity contribution in [2.75, 3.05) is 0 Å². The summed E-state index contributed by atoms with van der Waals surface area (Å²) in [5, 5.41) is 11.4. The van der Waals surface area contributed by atoms with E-state index in [0.29, 0.717) is 5.56 Å². The quantitative estimate of drug-likeness (QED) is 0.875. The number of carbonyl (C=O) groups is 2. The summed E-state index contributed by atoms with van der Waals surface area (Å²) in [6, 6.07) is 5.58. The molecule has 0 saturated heterocycles. The molecule has 1 aromatic carbocycles. The van der Waals surface area contributed by atoms with Crippen molar-refractivity contribution in [3.8, 4) is 0 Å². The minimum atomic E-state index is -1.33. The number of carboxylic acid groups (broad SMARTS) is 1. The van der Waals surface area contributed by atoms with Gasteiger partial charge in [-0.05, 0) is 17.7 Å². The van der Waals surface area contributed by atoms with E-state index in [1.165, 1.54) is 36.7 Å². The average Bonchev–Trinajstić information content (AvgIpc) is 2.46. The summed E-state index contributed by atoms with van der Waals surface area (Å²) in [5.74, 6) is -2.35. The lowest BCUT2D eigenvalue weighted by Gasteiger charge is -2.06. The first-order chi connectivity index (χ1) is 9.58. The molecule has 2 rings (SSSR count). The largest absolute Gasteiger partial charge is 0.476 e. The van der Waals surface area contributed by atoms with E-state index in [-0.39, 0.29) is 18.1 Å². The standard InChI is InChI=1S/C13H10FN3O3/c14-9-3-1-8(2-4-9)7-17-12(18)10-11(13(19)20)16-6-5-15-10/h1-6H,7H2,(H,17,18)(H,19,20). The molecule has 6 nitrogen and oxygen atoms in total. The van der Waals surface area contributed by atoms with E-state index in [4.69, 9.17) is 5.11 Å². The highest BCUT2D eigenvalue weighted by molar-refractivity contribution is 6.01. The second-order valence-electron chi connectivity index (χ2n) is 3.87. The van der Waals surface area contributed by atoms with Crippen LogP contribution in [0.4, 0.5) is 4.39 Å². The molecule has 1 amide bonds. The van der Waals surface area contributed by atoms with Gasteiger partial charge in [-0.3, -0.25) is 4.79 Å². The molecule has 0 fully saturated rings. The van der Waals surface area contributed by atoms with Gasteiger partial charge in [0.2, 0.25) is 0 Å². The summed E-state index contributed by atoms with van der Waals surface area (Å²) in [6.07, 6.45) is 2.43. The summed E-state index contributed by atoms with van der Waals surface area (Å²) in [5.41, 5.74) is 0.00623. The zero-order valence-electron chi connectivity index (χ0n) is 10.2. The smallest absolute Gasteiger partial charge is 0.356 e. The summed E-state index contributed by atoms with van der Waals surface area (Å²) in [4.78, 5) is 30.1. The Morgan fingerprint density at radius 2 is 1.70 bits per heavy atom. The lowest BCUT2D eigenvalue weighted by molar-refractivity contribution is 0.0683. The Morgan fingerprint density at radius 3 is 2.30 bits per heavy atom. The molecule has 2 aromatic rings. The number of benzene rings is 1. The highest BCUT2D eigenvalue weighted by Gasteiger charge is 2.18. The normalized spacial score (nSPS) is 10.1. The first kappa shape index (κ1) is 13.6. The molecule has 0 atom stereocenters. The summed E-state index contributed by atoms with van der Waals surface area (Å²) < 4.78 is 12.7. The molecule has 0 unspecified atom stereocenters. The van der Waals surface area contributed by atoms with Crippen LogP contribution in [-0.2, 0) is 6.54 Å². The number of hydrogen-bond donors (Lipinski definition) is 2. The maximum Gasteiger partial charge on any atom is 0.356 e. The Balaban J connectivity index is 2.09. The van der Waals surface area contributed by atoms with Gasteiger partial charge in [0.05, 0.1) is 0 Å². The molecule has 0 aliphatic heterocycles. The van der Waals surface area contributed by atoms with Gasteiger partial charge >= 0.3 is 5.97 Å². The predicted molar refractivity (Wildman–Crippen MR) is 66.6 cm³/mol. The van der Waals surface area contributed by atoms with Gasteiger partial charge in [-0.2, -0.15) is 0 Å². The highest BCUT2D eigenvalue weighted by Crippen LogP contribution is 2.04. The number of rotatable bonds is 4. The number of aromatic nitrogens is 2. The molecule has 0 bridgehead atoms. The fourth-order valence-electron chi connectivity index (χ4n) is 1.53. The van der Waals surface area contributed by atoms with Crippen LogP contribution >= 0.6 is 0 Å². The topological polar surface area (TPSA) is 92.2 Å². The molecule has 0 aliphatic rings. The number of nitrogens with zero attached hydrogens (tertiary/aromatic N) is 2. The first-order valence-corrected chi connectivity index (χ1v) is 5.65. The fraction of sp³-hybridized carbons (Fsp3) is 0.0769. The molecular formula is C13H10FN3O3. The van der Waals surface area contributed by atoms with Crippen LogP contribution in [0.3, 0.4) is 0 Å². The van der Waals surface area contributed by atoms with Crippen LogP contribution < -0.4 is 5.32 Å². The Labute approximate surface area is 113 Å². The number of carbonyl (C=O) groups excluding carboxylic acids is 1. The van der Waals surface area contributed by atoms with E-state index in [1.807, 2.05) is 0 Å². The van der Waals surface area contributed by atoms with Gasteiger partial charge in [0.15, 0.2) is 11.4 Å². The maximum absolute atomic E-state index is 12.7. The Morgan fingerprint density at radius 1 is 1.10 bits per heavy atom. The van der Waals surface area contributed by atoms with Crippen LogP contribution in [0.1, 0.15) is 26.5 Å². The minimum Gasteiger partial charge on any atom is -0.476 e. The molecule has 1 heterocycles. The second kappa shape index (κ2) is 5.87. The van der Waals surface area contributed by atoms with E-state index in [0.717, 1.165) is 0 Å². The molecule has 7 heteroatoms. The number of carboxylic acids is 1. The monoisotopic (exact) mass is 275 g/mol. The molecular weight excluding hydrogens is 265 g/mol. The van der Waals surface area contributed by atoms with Gasteiger partial charge in [-0.25, -0.2) is 19.2 Å². The summed E-state index contributed by atoms with van der Waals surface area (Å²) in [6.45, 7) is 0.134. The zero-order chi connectivity index (χ0) is 14.5. The van der Waals surface area contributed by atoms with Gasteiger partial charge in [0.1, 0.15) is 5.82 Å². The van der Waals surface area contributed by atoms with Crippen LogP contribution in [0.25, 0.3) is 0 Å². The van der Waals surface area contributed by atoms with Crippen LogP contribution in [0.2, 0.25) is 0 Å². The van der Waals surface area contributed by atoms with Crippen molar-refractivity contribution >= 4 is 11.9 Å². The minimum absolute atomic E-state index is 0.134. The number of nitrogens with one attached hydrogen (secondary N) is 1. The molecule has 0 spiro atoms. The third-order valence-corrected chi connectivity index (χ3v) is 2.48. The van der Waals surface area contributed by atoms with E-state index < -0.39 is 17.6 Å². The van der Waals surface area contributed by atoms with E-state index in [2.05, 4.69) is 15.3 Å². The van der Waals surface area contributed by atoms with Crippen molar-refractivity contribution in [3.05, 3.63) is 59.4 Å². The van der Waals surface area contributed by atoms with Crippen LogP contribution in [0.5, 0.6) is 0 Å². The number of hydrogen-bond acceptors (Lipinski definition) is 4. The third kappa shape index (κ3) is 3.14. The Kier molecular flexibility index (Phi) is 3.99. The van der Waals surface area contributed by atoms with Gasteiger partial charge in [0, 0.05) is 18.9 Å². The van der Waals surface area contributed by atoms with Gasteiger partial charge in [-0.15, -0.1) is 0 Å². The number of amides is 1. The molecule has 0 radical (unpaired) electrons. The van der Waals surface area contributed by atoms with Gasteiger partial charge in [-0.1, -0.05) is 12.1 Å². The highest BCUT2D eigenvalue weighted by atomic mass is 19.1. The van der Waals surface area contributed by atoms with Crippen LogP contribution in [0.15, 0.2) is 36.7 Å². The summed E-state index contributed by atoms with van der Waals surface area (Å²) >= 11 is 0. The van der Waals surface area contributed by atoms with Gasteiger partial charge < -0.3 is 10.4 Å². The van der Waals surface area contributed by atoms with Crippen molar-refractivity contribution in [2.24, 2.45) is 0 Å². The lowest BCUT2D eigenvalue weighted by atomic mass is 10.2. The fourth-order valence-corrected chi connectivity index (χ4v) is 1.53. The van der Waals surface area contributed by atoms with Crippen molar-refractivity contribution in [3.63, 3.8) is 0 Å². The van der Waals surface area contributed by atoms with E-state index in [9.17, 15) is 14.0 Å². The maximum atomic E-state index is 12.7. The van der Waals surface area contributed by atoms with Crippen molar-refractivity contribution in [1.29, 1.82) is 0 Å². The van der Waals surface area contributed by atoms with E-state index in [1.54, 1.807) is 0 Å². The van der Waals surface area contributed by atoms with E-state index >= 15 is 0 Å². The average molecular weight is 275 g/mol. The van der Waals surface area contributed by atoms with Crippen LogP contribution in [0, 0.1) is 5.82 Å². The number of halogens is 1. The summed E-state index contributed by atoms with van der Waals surface area (Å²) in [7, 11) is 0. The molecule has 102 valence electrons. The Bertz CT molecular complexity index is 644. The third-order valence-electron chi connectivity index (χ3n) is 2.48. The molecule has 20 heavy (non-hydrogen) atoms. The van der Waals surface area contributed by atoms with Crippen molar-refractivity contribution < 1.29 is 19.1 Å². The molecule has 0 aliphatic carbocycles. The molecule has 1 aromatic heterocycles.